The third-order valence-electron chi connectivity index (χ3n) is 3.00. The number of nitrogens with zero attached hydrogens (tertiary/aromatic N) is 2. The smallest absolute Gasteiger partial charge is 0.222 e. The molecule has 0 bridgehead atoms. The molecule has 0 saturated carbocycles. The van der Waals surface area contributed by atoms with Crippen LogP contribution in [0.15, 0.2) is 0 Å². The first-order valence-corrected chi connectivity index (χ1v) is 7.14. The molecule has 1 unspecified atom stereocenters. The van der Waals surface area contributed by atoms with E-state index < -0.39 is 0 Å². The summed E-state index contributed by atoms with van der Waals surface area (Å²) in [6.07, 6.45) is 3.36. The van der Waals surface area contributed by atoms with E-state index >= 15 is 0 Å². The second kappa shape index (κ2) is 11.2. The fourth-order valence-corrected chi connectivity index (χ4v) is 1.87. The van der Waals surface area contributed by atoms with Crippen LogP contribution in [0.2, 0.25) is 0 Å². The molecule has 0 aliphatic heterocycles. The minimum Gasteiger partial charge on any atom is -0.383 e. The van der Waals surface area contributed by atoms with E-state index in [2.05, 4.69) is 4.90 Å². The van der Waals surface area contributed by atoms with Crippen LogP contribution >= 0.6 is 0 Å². The molecule has 1 atom stereocenters. The van der Waals surface area contributed by atoms with Crippen LogP contribution in [0.25, 0.3) is 0 Å². The average Bonchev–Trinajstić information content (AvgIpc) is 2.32. The first-order chi connectivity index (χ1) is 8.97. The molecular formula is C14H31N3O2. The predicted molar refractivity (Wildman–Crippen MR) is 79.1 cm³/mol. The van der Waals surface area contributed by atoms with Gasteiger partial charge >= 0.3 is 0 Å². The van der Waals surface area contributed by atoms with Gasteiger partial charge in [-0.15, -0.1) is 0 Å². The van der Waals surface area contributed by atoms with Gasteiger partial charge in [0.1, 0.15) is 0 Å². The lowest BCUT2D eigenvalue weighted by Crippen LogP contribution is -2.36. The number of nitrogens with two attached hydrogens (primary N) is 1. The van der Waals surface area contributed by atoms with E-state index in [9.17, 15) is 4.79 Å². The van der Waals surface area contributed by atoms with Crippen LogP contribution in [0, 0.1) is 0 Å². The van der Waals surface area contributed by atoms with Crippen LogP contribution in [0.3, 0.4) is 0 Å². The molecule has 19 heavy (non-hydrogen) atoms. The van der Waals surface area contributed by atoms with Crippen molar-refractivity contribution in [1.82, 2.24) is 9.80 Å². The fourth-order valence-electron chi connectivity index (χ4n) is 1.87. The quantitative estimate of drug-likeness (QED) is 0.608. The Hall–Kier alpha value is -0.650. The Morgan fingerprint density at radius 2 is 1.89 bits per heavy atom. The maximum Gasteiger partial charge on any atom is 0.222 e. The maximum atomic E-state index is 12.1. The third kappa shape index (κ3) is 10.9. The lowest BCUT2D eigenvalue weighted by atomic mass is 10.1. The van der Waals surface area contributed by atoms with E-state index in [4.69, 9.17) is 10.5 Å². The average molecular weight is 273 g/mol. The van der Waals surface area contributed by atoms with Crippen LogP contribution < -0.4 is 5.73 Å². The summed E-state index contributed by atoms with van der Waals surface area (Å²) >= 11 is 0. The Bertz CT molecular complexity index is 233. The van der Waals surface area contributed by atoms with Crippen molar-refractivity contribution in [2.24, 2.45) is 5.73 Å². The molecule has 0 rings (SSSR count). The zero-order valence-corrected chi connectivity index (χ0v) is 13.0. The summed E-state index contributed by atoms with van der Waals surface area (Å²) in [6, 6.07) is 0.175. The van der Waals surface area contributed by atoms with E-state index in [0.717, 1.165) is 32.4 Å². The summed E-state index contributed by atoms with van der Waals surface area (Å²) in [5, 5.41) is 0. The number of carbonyl (C=O) groups is 1. The number of rotatable bonds is 11. The van der Waals surface area contributed by atoms with Gasteiger partial charge in [0, 0.05) is 32.7 Å². The van der Waals surface area contributed by atoms with Gasteiger partial charge in [0.15, 0.2) is 0 Å². The summed E-state index contributed by atoms with van der Waals surface area (Å²) in [6.45, 7) is 5.06. The summed E-state index contributed by atoms with van der Waals surface area (Å²) < 4.78 is 5.07. The lowest BCUT2D eigenvalue weighted by molar-refractivity contribution is -0.132. The zero-order valence-electron chi connectivity index (χ0n) is 13.0. The molecule has 0 heterocycles. The number of ether oxygens (including phenoxy) is 1. The monoisotopic (exact) mass is 273 g/mol. The number of hydrogen-bond donors (Lipinski definition) is 1. The maximum absolute atomic E-state index is 12.1. The van der Waals surface area contributed by atoms with Crippen molar-refractivity contribution in [3.8, 4) is 0 Å². The first-order valence-electron chi connectivity index (χ1n) is 7.14. The molecule has 1 amide bonds. The van der Waals surface area contributed by atoms with Gasteiger partial charge in [-0.05, 0) is 46.8 Å². The molecule has 114 valence electrons. The summed E-state index contributed by atoms with van der Waals surface area (Å²) in [5.74, 6) is 0.219. The largest absolute Gasteiger partial charge is 0.383 e. The first kappa shape index (κ1) is 18.4. The van der Waals surface area contributed by atoms with Gasteiger partial charge in [-0.3, -0.25) is 4.79 Å². The van der Waals surface area contributed by atoms with E-state index in [1.165, 1.54) is 0 Å². The molecule has 0 aliphatic carbocycles. The molecular weight excluding hydrogens is 242 g/mol. The highest BCUT2D eigenvalue weighted by Gasteiger charge is 2.13. The summed E-state index contributed by atoms with van der Waals surface area (Å²) in [5.41, 5.74) is 5.70. The van der Waals surface area contributed by atoms with Gasteiger partial charge in [-0.2, -0.15) is 0 Å². The minimum atomic E-state index is 0.175. The Balaban J connectivity index is 4.03. The SMILES string of the molecule is COCCN(CCCN(C)C)C(=O)CCCC(C)N. The van der Waals surface area contributed by atoms with Gasteiger partial charge in [-0.25, -0.2) is 0 Å². The molecule has 0 aromatic carbocycles. The highest BCUT2D eigenvalue weighted by atomic mass is 16.5. The highest BCUT2D eigenvalue weighted by Crippen LogP contribution is 2.04. The van der Waals surface area contributed by atoms with Crippen molar-refractivity contribution in [2.75, 3.05) is 47.4 Å². The van der Waals surface area contributed by atoms with Gasteiger partial charge < -0.3 is 20.3 Å². The van der Waals surface area contributed by atoms with Crippen molar-refractivity contribution in [2.45, 2.75) is 38.6 Å². The molecule has 0 spiro atoms. The second-order valence-corrected chi connectivity index (χ2v) is 5.40. The number of amides is 1. The third-order valence-corrected chi connectivity index (χ3v) is 3.00. The van der Waals surface area contributed by atoms with E-state index in [1.54, 1.807) is 7.11 Å². The van der Waals surface area contributed by atoms with Crippen LogP contribution in [0.1, 0.15) is 32.6 Å². The van der Waals surface area contributed by atoms with Crippen LogP contribution in [0.4, 0.5) is 0 Å². The van der Waals surface area contributed by atoms with Gasteiger partial charge in [-0.1, -0.05) is 0 Å². The molecule has 0 aliphatic rings. The number of carbonyl (C=O) groups excluding carboxylic acids is 1. The number of methoxy groups -OCH3 is 1. The van der Waals surface area contributed by atoms with Crippen LogP contribution in [-0.2, 0) is 9.53 Å². The lowest BCUT2D eigenvalue weighted by Gasteiger charge is -2.23. The molecule has 0 radical (unpaired) electrons. The van der Waals surface area contributed by atoms with Crippen molar-refractivity contribution in [3.05, 3.63) is 0 Å². The van der Waals surface area contributed by atoms with Gasteiger partial charge in [0.25, 0.3) is 0 Å². The molecule has 0 aromatic heterocycles. The van der Waals surface area contributed by atoms with Crippen LogP contribution in [-0.4, -0.2) is 69.2 Å². The van der Waals surface area contributed by atoms with Crippen molar-refractivity contribution >= 4 is 5.91 Å². The fraction of sp³-hybridized carbons (Fsp3) is 0.929. The molecule has 2 N–H and O–H groups in total. The van der Waals surface area contributed by atoms with E-state index in [1.807, 2.05) is 25.9 Å². The normalized spacial score (nSPS) is 12.7. The number of hydrogen-bond acceptors (Lipinski definition) is 4. The molecule has 5 nitrogen and oxygen atoms in total. The van der Waals surface area contributed by atoms with Crippen molar-refractivity contribution in [3.63, 3.8) is 0 Å². The van der Waals surface area contributed by atoms with Gasteiger partial charge in [0.2, 0.25) is 5.91 Å². The highest BCUT2D eigenvalue weighted by molar-refractivity contribution is 5.76. The Morgan fingerprint density at radius 1 is 1.21 bits per heavy atom. The van der Waals surface area contributed by atoms with Crippen LogP contribution in [0.5, 0.6) is 0 Å². The molecule has 0 aromatic rings. The Kier molecular flexibility index (Phi) is 10.8. The topological polar surface area (TPSA) is 58.8 Å². The second-order valence-electron chi connectivity index (χ2n) is 5.40. The Morgan fingerprint density at radius 3 is 2.42 bits per heavy atom. The van der Waals surface area contributed by atoms with Crippen molar-refractivity contribution in [1.29, 1.82) is 0 Å². The summed E-state index contributed by atoms with van der Waals surface area (Å²) in [4.78, 5) is 16.2. The zero-order chi connectivity index (χ0) is 14.7. The predicted octanol–water partition coefficient (Wildman–Crippen LogP) is 0.931. The van der Waals surface area contributed by atoms with Crippen molar-refractivity contribution < 1.29 is 9.53 Å². The molecule has 5 heteroatoms. The minimum absolute atomic E-state index is 0.175. The van der Waals surface area contributed by atoms with E-state index in [0.29, 0.717) is 19.6 Å². The standard InChI is InChI=1S/C14H31N3O2/c1-13(15)7-5-8-14(18)17(11-12-19-4)10-6-9-16(2)3/h13H,5-12,15H2,1-4H3. The van der Waals surface area contributed by atoms with E-state index in [-0.39, 0.29) is 11.9 Å². The summed E-state index contributed by atoms with van der Waals surface area (Å²) in [7, 11) is 5.76. The Labute approximate surface area is 118 Å². The molecule has 0 fully saturated rings. The molecule has 0 saturated heterocycles. The van der Waals surface area contributed by atoms with Gasteiger partial charge in [0.05, 0.1) is 6.61 Å².